The van der Waals surface area contributed by atoms with Gasteiger partial charge in [0.1, 0.15) is 31.1 Å². The number of aromatic nitrogens is 2. The highest BCUT2D eigenvalue weighted by Gasteiger charge is 2.34. The van der Waals surface area contributed by atoms with Gasteiger partial charge in [-0.2, -0.15) is 13.2 Å². The van der Waals surface area contributed by atoms with Crippen molar-refractivity contribution in [3.05, 3.63) is 41.9 Å². The van der Waals surface area contributed by atoms with Crippen molar-refractivity contribution in [2.24, 2.45) is 0 Å². The number of para-hydroxylation sites is 1. The van der Waals surface area contributed by atoms with E-state index in [2.05, 4.69) is 9.97 Å². The molecule has 3 heterocycles. The van der Waals surface area contributed by atoms with E-state index in [-0.39, 0.29) is 11.7 Å². The third kappa shape index (κ3) is 3.54. The predicted octanol–water partition coefficient (Wildman–Crippen LogP) is 2.23. The van der Waals surface area contributed by atoms with Gasteiger partial charge < -0.3 is 19.3 Å². The van der Waals surface area contributed by atoms with Gasteiger partial charge >= 0.3 is 6.18 Å². The van der Waals surface area contributed by atoms with Crippen molar-refractivity contribution in [2.75, 3.05) is 44.3 Å². The summed E-state index contributed by atoms with van der Waals surface area (Å²) >= 11 is 0. The summed E-state index contributed by atoms with van der Waals surface area (Å²) in [4.78, 5) is 23.5. The van der Waals surface area contributed by atoms with Crippen LogP contribution in [0.5, 0.6) is 11.5 Å². The molecular formula is C18H17F3N4O3. The third-order valence-corrected chi connectivity index (χ3v) is 4.63. The predicted molar refractivity (Wildman–Crippen MR) is 92.6 cm³/mol. The molecule has 0 unspecified atom stereocenters. The van der Waals surface area contributed by atoms with Crippen LogP contribution in [0.15, 0.2) is 30.6 Å². The summed E-state index contributed by atoms with van der Waals surface area (Å²) in [5.74, 6) is 0.979. The molecule has 2 aromatic rings. The Morgan fingerprint density at radius 2 is 1.79 bits per heavy atom. The van der Waals surface area contributed by atoms with E-state index in [1.807, 2.05) is 0 Å². The van der Waals surface area contributed by atoms with Crippen molar-refractivity contribution in [3.63, 3.8) is 0 Å². The SMILES string of the molecule is O=C(c1cccc2c1OCCO2)N1CCN(c2cc(C(F)(F)F)ncn2)CC1. The number of hydrogen-bond acceptors (Lipinski definition) is 6. The van der Waals surface area contributed by atoms with E-state index < -0.39 is 11.9 Å². The fraction of sp³-hybridized carbons (Fsp3) is 0.389. The van der Waals surface area contributed by atoms with Crippen LogP contribution in [-0.2, 0) is 6.18 Å². The molecule has 0 atom stereocenters. The minimum absolute atomic E-state index is 0.194. The average Bonchev–Trinajstić information content (AvgIpc) is 2.72. The average molecular weight is 394 g/mol. The lowest BCUT2D eigenvalue weighted by atomic mass is 10.1. The van der Waals surface area contributed by atoms with Crippen molar-refractivity contribution in [3.8, 4) is 11.5 Å². The Morgan fingerprint density at radius 3 is 2.54 bits per heavy atom. The van der Waals surface area contributed by atoms with Crippen molar-refractivity contribution in [2.45, 2.75) is 6.18 Å². The van der Waals surface area contributed by atoms with Gasteiger partial charge in [-0.05, 0) is 12.1 Å². The van der Waals surface area contributed by atoms with Gasteiger partial charge in [0, 0.05) is 32.2 Å². The van der Waals surface area contributed by atoms with Crippen molar-refractivity contribution in [1.29, 1.82) is 0 Å². The number of piperazine rings is 1. The molecule has 28 heavy (non-hydrogen) atoms. The van der Waals surface area contributed by atoms with E-state index in [1.165, 1.54) is 0 Å². The first kappa shape index (κ1) is 18.3. The molecule has 0 spiro atoms. The summed E-state index contributed by atoms with van der Waals surface area (Å²) in [7, 11) is 0. The van der Waals surface area contributed by atoms with Crippen LogP contribution < -0.4 is 14.4 Å². The summed E-state index contributed by atoms with van der Waals surface area (Å²) in [6.45, 7) is 2.25. The molecule has 148 valence electrons. The Labute approximate surface area is 158 Å². The van der Waals surface area contributed by atoms with Crippen LogP contribution in [0.25, 0.3) is 0 Å². The molecule has 4 rings (SSSR count). The molecule has 0 saturated carbocycles. The summed E-state index contributed by atoms with van der Waals surface area (Å²) < 4.78 is 49.6. The van der Waals surface area contributed by atoms with Gasteiger partial charge in [-0.15, -0.1) is 0 Å². The van der Waals surface area contributed by atoms with Gasteiger partial charge in [0.2, 0.25) is 0 Å². The number of fused-ring (bicyclic) bond motifs is 1. The maximum atomic E-state index is 12.9. The molecule has 1 aromatic heterocycles. The number of amides is 1. The molecule has 1 aromatic carbocycles. The minimum atomic E-state index is -4.52. The summed E-state index contributed by atoms with van der Waals surface area (Å²) in [5, 5.41) is 0. The van der Waals surface area contributed by atoms with Crippen LogP contribution in [0.3, 0.4) is 0 Å². The number of hydrogen-bond donors (Lipinski definition) is 0. The Morgan fingerprint density at radius 1 is 1.04 bits per heavy atom. The van der Waals surface area contributed by atoms with Crippen LogP contribution in [-0.4, -0.2) is 60.2 Å². The molecule has 7 nitrogen and oxygen atoms in total. The molecule has 0 N–H and O–H groups in total. The Bertz CT molecular complexity index is 883. The summed E-state index contributed by atoms with van der Waals surface area (Å²) in [5.41, 5.74) is -0.559. The maximum absolute atomic E-state index is 12.9. The number of carbonyl (C=O) groups excluding carboxylic acids is 1. The molecule has 2 aliphatic heterocycles. The molecule has 0 bridgehead atoms. The van der Waals surface area contributed by atoms with Crippen molar-refractivity contribution < 1.29 is 27.4 Å². The molecular weight excluding hydrogens is 377 g/mol. The van der Waals surface area contributed by atoms with Crippen LogP contribution >= 0.6 is 0 Å². The second-order valence-corrected chi connectivity index (χ2v) is 6.37. The Balaban J connectivity index is 1.46. The number of ether oxygens (including phenoxy) is 2. The molecule has 2 aliphatic rings. The minimum Gasteiger partial charge on any atom is -0.486 e. The lowest BCUT2D eigenvalue weighted by molar-refractivity contribution is -0.141. The number of anilines is 1. The monoisotopic (exact) mass is 394 g/mol. The van der Waals surface area contributed by atoms with Crippen LogP contribution in [0.2, 0.25) is 0 Å². The standard InChI is InChI=1S/C18H17F3N4O3/c19-18(20,21)14-10-15(23-11-22-14)24-4-6-25(7-5-24)17(26)12-2-1-3-13-16(12)28-9-8-27-13/h1-3,10-11H,4-9H2. The molecule has 1 fully saturated rings. The Kier molecular flexibility index (Phi) is 4.70. The first-order valence-corrected chi connectivity index (χ1v) is 8.75. The largest absolute Gasteiger partial charge is 0.486 e. The van der Waals surface area contributed by atoms with E-state index in [9.17, 15) is 18.0 Å². The van der Waals surface area contributed by atoms with E-state index in [0.29, 0.717) is 56.5 Å². The van der Waals surface area contributed by atoms with E-state index in [0.717, 1.165) is 12.4 Å². The maximum Gasteiger partial charge on any atom is 0.433 e. The number of rotatable bonds is 2. The molecule has 0 aliphatic carbocycles. The quantitative estimate of drug-likeness (QED) is 0.778. The van der Waals surface area contributed by atoms with E-state index >= 15 is 0 Å². The second-order valence-electron chi connectivity index (χ2n) is 6.37. The normalized spacial score (nSPS) is 16.8. The highest BCUT2D eigenvalue weighted by Crippen LogP contribution is 2.34. The summed E-state index contributed by atoms with van der Waals surface area (Å²) in [6, 6.07) is 6.09. The zero-order valence-corrected chi connectivity index (χ0v) is 14.8. The number of benzene rings is 1. The lowest BCUT2D eigenvalue weighted by Crippen LogP contribution is -2.49. The van der Waals surface area contributed by atoms with Crippen molar-refractivity contribution >= 4 is 11.7 Å². The molecule has 0 radical (unpaired) electrons. The van der Waals surface area contributed by atoms with Gasteiger partial charge in [0.05, 0.1) is 5.56 Å². The summed E-state index contributed by atoms with van der Waals surface area (Å²) in [6.07, 6.45) is -3.62. The second kappa shape index (κ2) is 7.17. The number of nitrogens with zero attached hydrogens (tertiary/aromatic N) is 4. The number of carbonyl (C=O) groups is 1. The van der Waals surface area contributed by atoms with Crippen LogP contribution in [0, 0.1) is 0 Å². The highest BCUT2D eigenvalue weighted by atomic mass is 19.4. The first-order chi connectivity index (χ1) is 13.4. The lowest BCUT2D eigenvalue weighted by Gasteiger charge is -2.36. The first-order valence-electron chi connectivity index (χ1n) is 8.75. The van der Waals surface area contributed by atoms with Gasteiger partial charge in [0.15, 0.2) is 11.5 Å². The van der Waals surface area contributed by atoms with E-state index in [1.54, 1.807) is 28.0 Å². The van der Waals surface area contributed by atoms with Gasteiger partial charge in [-0.1, -0.05) is 6.07 Å². The highest BCUT2D eigenvalue weighted by molar-refractivity contribution is 5.98. The Hall–Kier alpha value is -3.04. The topological polar surface area (TPSA) is 67.8 Å². The van der Waals surface area contributed by atoms with Crippen LogP contribution in [0.1, 0.15) is 16.1 Å². The van der Waals surface area contributed by atoms with Gasteiger partial charge in [-0.25, -0.2) is 9.97 Å². The molecule has 10 heteroatoms. The van der Waals surface area contributed by atoms with Crippen molar-refractivity contribution in [1.82, 2.24) is 14.9 Å². The number of halogens is 3. The van der Waals surface area contributed by atoms with Crippen LogP contribution in [0.4, 0.5) is 19.0 Å². The third-order valence-electron chi connectivity index (χ3n) is 4.63. The molecule has 1 amide bonds. The van der Waals surface area contributed by atoms with Gasteiger partial charge in [0.25, 0.3) is 5.91 Å². The molecule has 1 saturated heterocycles. The van der Waals surface area contributed by atoms with Gasteiger partial charge in [-0.3, -0.25) is 4.79 Å². The van der Waals surface area contributed by atoms with E-state index in [4.69, 9.17) is 9.47 Å². The smallest absolute Gasteiger partial charge is 0.433 e. The zero-order chi connectivity index (χ0) is 19.7. The number of alkyl halides is 3. The zero-order valence-electron chi connectivity index (χ0n) is 14.8. The fourth-order valence-corrected chi connectivity index (χ4v) is 3.23. The fourth-order valence-electron chi connectivity index (χ4n) is 3.23.